The van der Waals surface area contributed by atoms with Crippen molar-refractivity contribution in [2.75, 3.05) is 32.1 Å². The summed E-state index contributed by atoms with van der Waals surface area (Å²) in [5.41, 5.74) is 1.08. The zero-order valence-electron chi connectivity index (χ0n) is 11.1. The molecule has 19 heavy (non-hydrogen) atoms. The van der Waals surface area contributed by atoms with E-state index in [4.69, 9.17) is 4.74 Å². The van der Waals surface area contributed by atoms with E-state index in [9.17, 15) is 4.79 Å². The molecule has 1 fully saturated rings. The first-order valence-corrected chi connectivity index (χ1v) is 6.55. The summed E-state index contributed by atoms with van der Waals surface area (Å²) in [6.45, 7) is 2.08. The van der Waals surface area contributed by atoms with Gasteiger partial charge in [0.05, 0.1) is 7.11 Å². The number of ether oxygens (including phenoxy) is 2. The second-order valence-corrected chi connectivity index (χ2v) is 4.56. The van der Waals surface area contributed by atoms with Gasteiger partial charge in [-0.15, -0.1) is 0 Å². The molecule has 2 N–H and O–H groups in total. The van der Waals surface area contributed by atoms with Crippen LogP contribution in [-0.2, 0) is 9.53 Å². The van der Waals surface area contributed by atoms with Crippen LogP contribution < -0.4 is 15.4 Å². The Morgan fingerprint density at radius 3 is 2.63 bits per heavy atom. The molecule has 1 aliphatic rings. The van der Waals surface area contributed by atoms with E-state index < -0.39 is 0 Å². The Labute approximate surface area is 113 Å². The van der Waals surface area contributed by atoms with Crippen LogP contribution >= 0.6 is 0 Å². The van der Waals surface area contributed by atoms with Gasteiger partial charge in [0.1, 0.15) is 5.75 Å². The maximum absolute atomic E-state index is 10.9. The maximum atomic E-state index is 10.9. The summed E-state index contributed by atoms with van der Waals surface area (Å²) < 4.78 is 9.81. The van der Waals surface area contributed by atoms with E-state index in [1.54, 1.807) is 0 Å². The topological polar surface area (TPSA) is 59.6 Å². The first kappa shape index (κ1) is 13.7. The predicted molar refractivity (Wildman–Crippen MR) is 73.5 cm³/mol. The minimum absolute atomic E-state index is 0.0580. The van der Waals surface area contributed by atoms with Gasteiger partial charge in [-0.2, -0.15) is 0 Å². The molecule has 1 aliphatic heterocycles. The molecule has 1 aromatic rings. The lowest BCUT2D eigenvalue weighted by atomic mass is 10.1. The first-order valence-electron chi connectivity index (χ1n) is 6.55. The fourth-order valence-electron chi connectivity index (χ4n) is 2.05. The van der Waals surface area contributed by atoms with Gasteiger partial charge < -0.3 is 20.1 Å². The number of nitrogens with one attached hydrogen (secondary N) is 2. The lowest BCUT2D eigenvalue weighted by Crippen LogP contribution is -2.35. The van der Waals surface area contributed by atoms with Crippen LogP contribution in [0.15, 0.2) is 24.3 Å². The fourth-order valence-corrected chi connectivity index (χ4v) is 2.05. The average molecular weight is 264 g/mol. The average Bonchev–Trinajstić information content (AvgIpc) is 2.47. The van der Waals surface area contributed by atoms with Crippen LogP contribution in [0.1, 0.15) is 12.8 Å². The molecule has 1 aromatic carbocycles. The second kappa shape index (κ2) is 6.99. The van der Waals surface area contributed by atoms with Crippen LogP contribution in [0.2, 0.25) is 0 Å². The van der Waals surface area contributed by atoms with Crippen molar-refractivity contribution >= 4 is 11.7 Å². The zero-order valence-corrected chi connectivity index (χ0v) is 11.1. The van der Waals surface area contributed by atoms with E-state index in [1.807, 2.05) is 24.3 Å². The Balaban J connectivity index is 1.82. The van der Waals surface area contributed by atoms with Crippen molar-refractivity contribution in [3.05, 3.63) is 24.3 Å². The molecular formula is C14H20N2O3. The van der Waals surface area contributed by atoms with E-state index in [0.29, 0.717) is 11.8 Å². The lowest BCUT2D eigenvalue weighted by Gasteiger charge is -2.24. The quantitative estimate of drug-likeness (QED) is 0.787. The van der Waals surface area contributed by atoms with Crippen LogP contribution in [0.4, 0.5) is 5.69 Å². The minimum Gasteiger partial charge on any atom is -0.482 e. The third-order valence-corrected chi connectivity index (χ3v) is 3.15. The molecule has 0 atom stereocenters. The molecule has 5 heteroatoms. The van der Waals surface area contributed by atoms with Crippen molar-refractivity contribution in [2.24, 2.45) is 0 Å². The van der Waals surface area contributed by atoms with Crippen molar-refractivity contribution in [1.29, 1.82) is 0 Å². The monoisotopic (exact) mass is 264 g/mol. The Morgan fingerprint density at radius 2 is 2.00 bits per heavy atom. The van der Waals surface area contributed by atoms with Crippen molar-refractivity contribution in [1.82, 2.24) is 5.32 Å². The standard InChI is InChI=1S/C14H20N2O3/c1-18-14(17)10-19-13-4-2-11(3-5-13)16-12-6-8-15-9-7-12/h2-5,12,15-16H,6-10H2,1H3. The summed E-state index contributed by atoms with van der Waals surface area (Å²) in [4.78, 5) is 10.9. The van der Waals surface area contributed by atoms with E-state index in [1.165, 1.54) is 7.11 Å². The highest BCUT2D eigenvalue weighted by atomic mass is 16.6. The van der Waals surface area contributed by atoms with Crippen molar-refractivity contribution in [3.63, 3.8) is 0 Å². The Kier molecular flexibility index (Phi) is 5.03. The molecule has 0 amide bonds. The molecule has 0 unspecified atom stereocenters. The third-order valence-electron chi connectivity index (χ3n) is 3.15. The van der Waals surface area contributed by atoms with Gasteiger partial charge in [-0.05, 0) is 50.2 Å². The molecule has 0 bridgehead atoms. The van der Waals surface area contributed by atoms with E-state index in [-0.39, 0.29) is 12.6 Å². The largest absolute Gasteiger partial charge is 0.482 e. The third kappa shape index (κ3) is 4.44. The molecular weight excluding hydrogens is 244 g/mol. The number of carbonyl (C=O) groups excluding carboxylic acids is 1. The number of hydrogen-bond acceptors (Lipinski definition) is 5. The molecule has 1 heterocycles. The fraction of sp³-hybridized carbons (Fsp3) is 0.500. The Bertz CT molecular complexity index is 400. The van der Waals surface area contributed by atoms with Crippen molar-refractivity contribution < 1.29 is 14.3 Å². The highest BCUT2D eigenvalue weighted by Gasteiger charge is 2.12. The van der Waals surface area contributed by atoms with Crippen LogP contribution in [0.5, 0.6) is 5.75 Å². The van der Waals surface area contributed by atoms with E-state index >= 15 is 0 Å². The summed E-state index contributed by atoms with van der Waals surface area (Å²) in [6.07, 6.45) is 2.28. The summed E-state index contributed by atoms with van der Waals surface area (Å²) >= 11 is 0. The summed E-state index contributed by atoms with van der Waals surface area (Å²) in [5, 5.41) is 6.84. The molecule has 2 rings (SSSR count). The smallest absolute Gasteiger partial charge is 0.343 e. The van der Waals surface area contributed by atoms with Gasteiger partial charge in [-0.25, -0.2) is 4.79 Å². The predicted octanol–water partition coefficient (Wildman–Crippen LogP) is 1.40. The number of rotatable bonds is 5. The van der Waals surface area contributed by atoms with Gasteiger partial charge in [0.15, 0.2) is 6.61 Å². The minimum atomic E-state index is -0.378. The van der Waals surface area contributed by atoms with Crippen molar-refractivity contribution in [2.45, 2.75) is 18.9 Å². The van der Waals surface area contributed by atoms with Crippen LogP contribution in [-0.4, -0.2) is 38.8 Å². The highest BCUT2D eigenvalue weighted by Crippen LogP contribution is 2.18. The highest BCUT2D eigenvalue weighted by molar-refractivity contribution is 5.70. The number of hydrogen-bond donors (Lipinski definition) is 2. The number of carbonyl (C=O) groups is 1. The molecule has 104 valence electrons. The summed E-state index contributed by atoms with van der Waals surface area (Å²) in [7, 11) is 1.34. The molecule has 0 aliphatic carbocycles. The zero-order chi connectivity index (χ0) is 13.5. The van der Waals surface area contributed by atoms with Gasteiger partial charge in [0.25, 0.3) is 0 Å². The van der Waals surface area contributed by atoms with Crippen LogP contribution in [0, 0.1) is 0 Å². The Hall–Kier alpha value is -1.75. The SMILES string of the molecule is COC(=O)COc1ccc(NC2CCNCC2)cc1. The normalized spacial score (nSPS) is 15.8. The first-order chi connectivity index (χ1) is 9.28. The number of piperidine rings is 1. The van der Waals surface area contributed by atoms with E-state index in [0.717, 1.165) is 31.6 Å². The van der Waals surface area contributed by atoms with E-state index in [2.05, 4.69) is 15.4 Å². The molecule has 5 nitrogen and oxygen atoms in total. The molecule has 0 spiro atoms. The lowest BCUT2D eigenvalue weighted by molar-refractivity contribution is -0.142. The number of esters is 1. The molecule has 0 radical (unpaired) electrons. The van der Waals surface area contributed by atoms with Gasteiger partial charge in [0.2, 0.25) is 0 Å². The molecule has 1 saturated heterocycles. The summed E-state index contributed by atoms with van der Waals surface area (Å²) in [6, 6.07) is 8.17. The van der Waals surface area contributed by atoms with Gasteiger partial charge in [0, 0.05) is 11.7 Å². The molecule has 0 saturated carbocycles. The van der Waals surface area contributed by atoms with Gasteiger partial charge in [-0.3, -0.25) is 0 Å². The van der Waals surface area contributed by atoms with Gasteiger partial charge in [-0.1, -0.05) is 0 Å². The number of benzene rings is 1. The van der Waals surface area contributed by atoms with Gasteiger partial charge >= 0.3 is 5.97 Å². The number of anilines is 1. The summed E-state index contributed by atoms with van der Waals surface area (Å²) in [5.74, 6) is 0.290. The van der Waals surface area contributed by atoms with Crippen LogP contribution in [0.3, 0.4) is 0 Å². The second-order valence-electron chi connectivity index (χ2n) is 4.56. The number of methoxy groups -OCH3 is 1. The molecule has 0 aromatic heterocycles. The maximum Gasteiger partial charge on any atom is 0.343 e. The Morgan fingerprint density at radius 1 is 1.32 bits per heavy atom. The van der Waals surface area contributed by atoms with Crippen molar-refractivity contribution in [3.8, 4) is 5.75 Å². The van der Waals surface area contributed by atoms with Crippen LogP contribution in [0.25, 0.3) is 0 Å².